The van der Waals surface area contributed by atoms with Gasteiger partial charge in [0.1, 0.15) is 5.69 Å². The highest BCUT2D eigenvalue weighted by Gasteiger charge is 2.09. The second-order valence-corrected chi connectivity index (χ2v) is 5.46. The zero-order valence-electron chi connectivity index (χ0n) is 11.6. The van der Waals surface area contributed by atoms with E-state index in [0.717, 1.165) is 22.0 Å². The molecule has 0 aliphatic carbocycles. The molecular weight excluding hydrogens is 284 g/mol. The molecule has 0 aliphatic heterocycles. The van der Waals surface area contributed by atoms with Crippen LogP contribution in [0.2, 0.25) is 5.02 Å². The highest BCUT2D eigenvalue weighted by Crippen LogP contribution is 2.18. The average Bonchev–Trinajstić information content (AvgIpc) is 2.90. The Morgan fingerprint density at radius 2 is 2.00 bits per heavy atom. The van der Waals surface area contributed by atoms with Gasteiger partial charge in [-0.1, -0.05) is 41.9 Å². The highest BCUT2D eigenvalue weighted by atomic mass is 35.5. The number of carbonyl (C=O) groups excluding carboxylic acids is 1. The van der Waals surface area contributed by atoms with E-state index in [2.05, 4.69) is 10.3 Å². The molecule has 1 heterocycles. The van der Waals surface area contributed by atoms with Gasteiger partial charge in [-0.3, -0.25) is 4.79 Å². The van der Waals surface area contributed by atoms with Crippen LogP contribution in [-0.2, 0) is 6.54 Å². The fourth-order valence-corrected chi connectivity index (χ4v) is 2.56. The molecule has 0 saturated carbocycles. The van der Waals surface area contributed by atoms with Crippen LogP contribution in [-0.4, -0.2) is 10.9 Å². The number of rotatable bonds is 3. The van der Waals surface area contributed by atoms with Crippen molar-refractivity contribution in [2.45, 2.75) is 13.5 Å². The summed E-state index contributed by atoms with van der Waals surface area (Å²) in [7, 11) is 0. The van der Waals surface area contributed by atoms with Crippen LogP contribution in [0.1, 0.15) is 21.6 Å². The number of amides is 1. The number of fused-ring (bicyclic) bond motifs is 1. The summed E-state index contributed by atoms with van der Waals surface area (Å²) in [6, 6.07) is 15.5. The minimum absolute atomic E-state index is 0.136. The van der Waals surface area contributed by atoms with Gasteiger partial charge in [0.25, 0.3) is 5.91 Å². The van der Waals surface area contributed by atoms with Crippen molar-refractivity contribution in [3.8, 4) is 0 Å². The summed E-state index contributed by atoms with van der Waals surface area (Å²) >= 11 is 6.16. The maximum Gasteiger partial charge on any atom is 0.267 e. The second kappa shape index (κ2) is 5.62. The molecule has 0 fully saturated rings. The second-order valence-electron chi connectivity index (χ2n) is 5.05. The number of benzene rings is 2. The predicted molar refractivity (Wildman–Crippen MR) is 85.7 cm³/mol. The molecule has 3 aromatic rings. The van der Waals surface area contributed by atoms with Gasteiger partial charge in [-0.2, -0.15) is 0 Å². The Kier molecular flexibility index (Phi) is 3.67. The quantitative estimate of drug-likeness (QED) is 0.752. The SMILES string of the molecule is Cc1ccc(CNC(=O)c2cc3ccccc3[nH]2)c(Cl)c1. The zero-order valence-corrected chi connectivity index (χ0v) is 12.4. The van der Waals surface area contributed by atoms with E-state index >= 15 is 0 Å². The lowest BCUT2D eigenvalue weighted by molar-refractivity contribution is 0.0947. The molecule has 3 nitrogen and oxygen atoms in total. The Balaban J connectivity index is 1.74. The maximum atomic E-state index is 12.2. The molecule has 0 atom stereocenters. The number of aromatic amines is 1. The molecular formula is C17H15ClN2O. The topological polar surface area (TPSA) is 44.9 Å². The first-order valence-electron chi connectivity index (χ1n) is 6.74. The third-order valence-electron chi connectivity index (χ3n) is 3.42. The Morgan fingerprint density at radius 1 is 1.19 bits per heavy atom. The predicted octanol–water partition coefficient (Wildman–Crippen LogP) is 4.06. The lowest BCUT2D eigenvalue weighted by atomic mass is 10.1. The van der Waals surface area contributed by atoms with E-state index in [1.807, 2.05) is 55.5 Å². The summed E-state index contributed by atoms with van der Waals surface area (Å²) in [5, 5.41) is 4.58. The molecule has 0 spiro atoms. The summed E-state index contributed by atoms with van der Waals surface area (Å²) < 4.78 is 0. The fraction of sp³-hybridized carbons (Fsp3) is 0.118. The molecule has 4 heteroatoms. The number of hydrogen-bond donors (Lipinski definition) is 2. The molecule has 106 valence electrons. The number of halogens is 1. The van der Waals surface area contributed by atoms with Crippen LogP contribution in [0.3, 0.4) is 0 Å². The van der Waals surface area contributed by atoms with E-state index in [1.165, 1.54) is 0 Å². The molecule has 0 aliphatic rings. The molecule has 21 heavy (non-hydrogen) atoms. The Hall–Kier alpha value is -2.26. The van der Waals surface area contributed by atoms with Gasteiger partial charge in [0.2, 0.25) is 0 Å². The minimum atomic E-state index is -0.136. The van der Waals surface area contributed by atoms with Crippen molar-refractivity contribution in [2.24, 2.45) is 0 Å². The zero-order chi connectivity index (χ0) is 14.8. The first kappa shape index (κ1) is 13.7. The van der Waals surface area contributed by atoms with Crippen LogP contribution in [0.15, 0.2) is 48.5 Å². The van der Waals surface area contributed by atoms with E-state index in [0.29, 0.717) is 17.3 Å². The average molecular weight is 299 g/mol. The van der Waals surface area contributed by atoms with Crippen molar-refractivity contribution in [3.63, 3.8) is 0 Å². The normalized spacial score (nSPS) is 10.8. The van der Waals surface area contributed by atoms with Crippen molar-refractivity contribution in [2.75, 3.05) is 0 Å². The third kappa shape index (κ3) is 2.93. The molecule has 2 N–H and O–H groups in total. The molecule has 0 saturated heterocycles. The lowest BCUT2D eigenvalue weighted by Crippen LogP contribution is -2.23. The third-order valence-corrected chi connectivity index (χ3v) is 3.77. The molecule has 0 unspecified atom stereocenters. The minimum Gasteiger partial charge on any atom is -0.351 e. The van der Waals surface area contributed by atoms with Crippen LogP contribution in [0.4, 0.5) is 0 Å². The monoisotopic (exact) mass is 298 g/mol. The number of para-hydroxylation sites is 1. The van der Waals surface area contributed by atoms with Crippen LogP contribution < -0.4 is 5.32 Å². The van der Waals surface area contributed by atoms with Crippen molar-refractivity contribution in [1.82, 2.24) is 10.3 Å². The number of nitrogens with one attached hydrogen (secondary N) is 2. The summed E-state index contributed by atoms with van der Waals surface area (Å²) in [6.45, 7) is 2.39. The Bertz CT molecular complexity index is 774. The van der Waals surface area contributed by atoms with Crippen molar-refractivity contribution in [3.05, 3.63) is 70.4 Å². The van der Waals surface area contributed by atoms with E-state index in [1.54, 1.807) is 0 Å². The lowest BCUT2D eigenvalue weighted by Gasteiger charge is -2.06. The summed E-state index contributed by atoms with van der Waals surface area (Å²) in [5.74, 6) is -0.136. The Labute approximate surface area is 127 Å². The van der Waals surface area contributed by atoms with Gasteiger partial charge in [0.15, 0.2) is 0 Å². The summed E-state index contributed by atoms with van der Waals surface area (Å²) in [5.41, 5.74) is 3.52. The van der Waals surface area contributed by atoms with Gasteiger partial charge in [0, 0.05) is 22.5 Å². The van der Waals surface area contributed by atoms with Gasteiger partial charge in [0.05, 0.1) is 0 Å². The number of hydrogen-bond acceptors (Lipinski definition) is 1. The van der Waals surface area contributed by atoms with Crippen LogP contribution in [0, 0.1) is 6.92 Å². The van der Waals surface area contributed by atoms with Crippen molar-refractivity contribution >= 4 is 28.4 Å². The molecule has 0 radical (unpaired) electrons. The number of aromatic nitrogens is 1. The molecule has 3 rings (SSSR count). The largest absolute Gasteiger partial charge is 0.351 e. The maximum absolute atomic E-state index is 12.2. The number of carbonyl (C=O) groups is 1. The van der Waals surface area contributed by atoms with E-state index < -0.39 is 0 Å². The van der Waals surface area contributed by atoms with Crippen molar-refractivity contribution in [1.29, 1.82) is 0 Å². The van der Waals surface area contributed by atoms with E-state index in [9.17, 15) is 4.79 Å². The van der Waals surface area contributed by atoms with Crippen molar-refractivity contribution < 1.29 is 4.79 Å². The van der Waals surface area contributed by atoms with Gasteiger partial charge in [-0.05, 0) is 36.2 Å². The van der Waals surface area contributed by atoms with E-state index in [4.69, 9.17) is 11.6 Å². The summed E-state index contributed by atoms with van der Waals surface area (Å²) in [6.07, 6.45) is 0. The first-order valence-corrected chi connectivity index (χ1v) is 7.12. The van der Waals surface area contributed by atoms with Gasteiger partial charge >= 0.3 is 0 Å². The molecule has 0 bridgehead atoms. The van der Waals surface area contributed by atoms with Gasteiger partial charge in [-0.15, -0.1) is 0 Å². The van der Waals surface area contributed by atoms with Crippen LogP contribution >= 0.6 is 11.6 Å². The number of aryl methyl sites for hydroxylation is 1. The fourth-order valence-electron chi connectivity index (χ4n) is 2.26. The van der Waals surface area contributed by atoms with E-state index in [-0.39, 0.29) is 5.91 Å². The Morgan fingerprint density at radius 3 is 2.76 bits per heavy atom. The molecule has 1 aromatic heterocycles. The standard InChI is InChI=1S/C17H15ClN2O/c1-11-6-7-13(14(18)8-11)10-19-17(21)16-9-12-4-2-3-5-15(12)20-16/h2-9,20H,10H2,1H3,(H,19,21). The first-order chi connectivity index (χ1) is 10.1. The van der Waals surface area contributed by atoms with Crippen LogP contribution in [0.5, 0.6) is 0 Å². The highest BCUT2D eigenvalue weighted by molar-refractivity contribution is 6.31. The molecule has 1 amide bonds. The van der Waals surface area contributed by atoms with Gasteiger partial charge < -0.3 is 10.3 Å². The summed E-state index contributed by atoms with van der Waals surface area (Å²) in [4.78, 5) is 15.3. The van der Waals surface area contributed by atoms with Crippen LogP contribution in [0.25, 0.3) is 10.9 Å². The van der Waals surface area contributed by atoms with Gasteiger partial charge in [-0.25, -0.2) is 0 Å². The number of H-pyrrole nitrogens is 1. The smallest absolute Gasteiger partial charge is 0.267 e. The molecule has 2 aromatic carbocycles.